The maximum Gasteiger partial charge on any atom is 0.419 e. The maximum absolute atomic E-state index is 15.6. The number of fused-ring (bicyclic) bond motifs is 2. The second kappa shape index (κ2) is 9.12. The topological polar surface area (TPSA) is 84.6 Å². The molecule has 0 fully saturated rings. The van der Waals surface area contributed by atoms with E-state index in [1.54, 1.807) is 36.9 Å². The highest BCUT2D eigenvalue weighted by atomic mass is 19.4. The lowest BCUT2D eigenvalue weighted by Gasteiger charge is -2.27. The molecule has 1 atom stereocenters. The quantitative estimate of drug-likeness (QED) is 0.305. The maximum atomic E-state index is 15.6. The Balaban J connectivity index is 0.00000144. The molecule has 0 radical (unpaired) electrons. The molecule has 1 N–H and O–H groups in total. The average molecular weight is 526 g/mol. The van der Waals surface area contributed by atoms with Gasteiger partial charge in [0.15, 0.2) is 5.69 Å². The minimum absolute atomic E-state index is 0.115. The van der Waals surface area contributed by atoms with Crippen LogP contribution in [0.5, 0.6) is 0 Å². The van der Waals surface area contributed by atoms with E-state index in [4.69, 9.17) is 0 Å². The number of alkyl halides is 3. The Morgan fingerprint density at radius 3 is 2.47 bits per heavy atom. The number of hydrogen-bond acceptors (Lipinski definition) is 4. The number of nitrogens with zero attached hydrogens (tertiary/aromatic N) is 6. The van der Waals surface area contributed by atoms with Crippen LogP contribution in [0.3, 0.4) is 0 Å². The number of aryl methyl sites for hydroxylation is 1. The number of aromatic nitrogens is 6. The number of hydrogen-bond donors (Lipinski definition) is 1. The lowest BCUT2D eigenvalue weighted by atomic mass is 9.97. The summed E-state index contributed by atoms with van der Waals surface area (Å²) in [4.78, 5) is 22.2. The van der Waals surface area contributed by atoms with Crippen LogP contribution in [0.25, 0.3) is 16.7 Å². The Kier molecular flexibility index (Phi) is 6.04. The van der Waals surface area contributed by atoms with Crippen molar-refractivity contribution < 1.29 is 22.4 Å². The molecule has 196 valence electrons. The van der Waals surface area contributed by atoms with Gasteiger partial charge in [0.1, 0.15) is 5.82 Å². The molecule has 0 spiro atoms. The lowest BCUT2D eigenvalue weighted by molar-refractivity contribution is -0.137. The van der Waals surface area contributed by atoms with E-state index in [1.165, 1.54) is 23.4 Å². The Morgan fingerprint density at radius 2 is 1.79 bits per heavy atom. The molecule has 1 aliphatic heterocycles. The van der Waals surface area contributed by atoms with Gasteiger partial charge in [0, 0.05) is 35.8 Å². The Hall–Kier alpha value is -4.48. The van der Waals surface area contributed by atoms with Crippen molar-refractivity contribution in [3.8, 4) is 5.69 Å². The van der Waals surface area contributed by atoms with Crippen LogP contribution in [0, 0.1) is 12.7 Å². The van der Waals surface area contributed by atoms with Crippen molar-refractivity contribution in [1.29, 1.82) is 0 Å². The zero-order chi connectivity index (χ0) is 27.4. The van der Waals surface area contributed by atoms with E-state index >= 15 is 4.39 Å². The van der Waals surface area contributed by atoms with Crippen molar-refractivity contribution in [3.63, 3.8) is 0 Å². The fraction of sp³-hybridized carbons (Fsp3) is 0.231. The van der Waals surface area contributed by atoms with Gasteiger partial charge in [0.25, 0.3) is 5.91 Å². The molecule has 6 rings (SSSR count). The van der Waals surface area contributed by atoms with Crippen LogP contribution in [0.15, 0.2) is 55.1 Å². The second-order valence-electron chi connectivity index (χ2n) is 8.53. The molecule has 0 saturated heterocycles. The standard InChI is InChI=1S/C24H17F4N7O.C2H6/c1-12-20-21(32-33(12)2)23(36)35(15-4-6-18-19(8-15)30-11-29-18)22(20)16-5-3-14(7-17(16)25)34-10-13(9-31-34)24(26,27)28;1-2/h3-11,22H,1-2H3,(H,29,30);1-2H3. The van der Waals surface area contributed by atoms with Crippen LogP contribution in [-0.4, -0.2) is 35.4 Å². The van der Waals surface area contributed by atoms with Gasteiger partial charge in [0.2, 0.25) is 0 Å². The minimum Gasteiger partial charge on any atom is -0.345 e. The van der Waals surface area contributed by atoms with Gasteiger partial charge in [-0.25, -0.2) is 14.1 Å². The van der Waals surface area contributed by atoms with Gasteiger partial charge in [-0.15, -0.1) is 0 Å². The number of benzene rings is 2. The molecule has 1 aliphatic rings. The highest BCUT2D eigenvalue weighted by molar-refractivity contribution is 6.11. The number of rotatable bonds is 3. The Labute approximate surface area is 214 Å². The smallest absolute Gasteiger partial charge is 0.345 e. The molecular formula is C26H23F4N7O. The van der Waals surface area contributed by atoms with Gasteiger partial charge in [-0.1, -0.05) is 19.9 Å². The highest BCUT2D eigenvalue weighted by Crippen LogP contribution is 2.44. The van der Waals surface area contributed by atoms with Crippen molar-refractivity contribution in [3.05, 3.63) is 89.0 Å². The first-order valence-electron chi connectivity index (χ1n) is 11.9. The van der Waals surface area contributed by atoms with E-state index < -0.39 is 23.6 Å². The molecule has 3 aromatic heterocycles. The third kappa shape index (κ3) is 3.92. The molecule has 1 amide bonds. The van der Waals surface area contributed by atoms with E-state index in [9.17, 15) is 18.0 Å². The fourth-order valence-corrected chi connectivity index (χ4v) is 4.60. The number of aromatic amines is 1. The van der Waals surface area contributed by atoms with Gasteiger partial charge in [-0.05, 0) is 37.3 Å². The summed E-state index contributed by atoms with van der Waals surface area (Å²) in [5.74, 6) is -1.08. The van der Waals surface area contributed by atoms with E-state index in [1.807, 2.05) is 13.8 Å². The number of amides is 1. The van der Waals surface area contributed by atoms with Crippen LogP contribution in [0.4, 0.5) is 23.2 Å². The van der Waals surface area contributed by atoms with E-state index in [2.05, 4.69) is 20.2 Å². The molecule has 8 nitrogen and oxygen atoms in total. The number of imidazole rings is 1. The van der Waals surface area contributed by atoms with Gasteiger partial charge < -0.3 is 4.98 Å². The highest BCUT2D eigenvalue weighted by Gasteiger charge is 2.44. The average Bonchev–Trinajstić information content (AvgIpc) is 3.66. The lowest BCUT2D eigenvalue weighted by Crippen LogP contribution is -2.30. The van der Waals surface area contributed by atoms with Crippen LogP contribution in [-0.2, 0) is 13.2 Å². The summed E-state index contributed by atoms with van der Waals surface area (Å²) in [6, 6.07) is 8.43. The summed E-state index contributed by atoms with van der Waals surface area (Å²) in [5, 5.41) is 8.07. The number of carbonyl (C=O) groups excluding carboxylic acids is 1. The van der Waals surface area contributed by atoms with Gasteiger partial charge in [-0.2, -0.15) is 23.4 Å². The molecule has 5 aromatic rings. The fourth-order valence-electron chi connectivity index (χ4n) is 4.60. The van der Waals surface area contributed by atoms with E-state index in [0.717, 1.165) is 16.9 Å². The van der Waals surface area contributed by atoms with Crippen LogP contribution >= 0.6 is 0 Å². The van der Waals surface area contributed by atoms with Crippen molar-refractivity contribution in [2.24, 2.45) is 7.05 Å². The number of nitrogens with one attached hydrogen (secondary N) is 1. The molecule has 0 aliphatic carbocycles. The van der Waals surface area contributed by atoms with Gasteiger partial charge >= 0.3 is 6.18 Å². The monoisotopic (exact) mass is 525 g/mol. The first-order chi connectivity index (χ1) is 18.1. The van der Waals surface area contributed by atoms with Crippen molar-refractivity contribution in [2.45, 2.75) is 33.0 Å². The summed E-state index contributed by atoms with van der Waals surface area (Å²) >= 11 is 0. The zero-order valence-corrected chi connectivity index (χ0v) is 20.9. The molecular weight excluding hydrogens is 502 g/mol. The van der Waals surface area contributed by atoms with Crippen molar-refractivity contribution in [2.75, 3.05) is 4.90 Å². The summed E-state index contributed by atoms with van der Waals surface area (Å²) in [6.45, 7) is 5.79. The van der Waals surface area contributed by atoms with Crippen molar-refractivity contribution >= 4 is 22.6 Å². The summed E-state index contributed by atoms with van der Waals surface area (Å²) in [7, 11) is 1.70. The number of anilines is 1. The molecule has 2 aromatic carbocycles. The molecule has 1 unspecified atom stereocenters. The predicted octanol–water partition coefficient (Wildman–Crippen LogP) is 5.72. The van der Waals surface area contributed by atoms with E-state index in [-0.39, 0.29) is 22.9 Å². The van der Waals surface area contributed by atoms with Crippen LogP contribution < -0.4 is 4.90 Å². The summed E-state index contributed by atoms with van der Waals surface area (Å²) in [5.41, 5.74) is 2.76. The largest absolute Gasteiger partial charge is 0.419 e. The Bertz CT molecular complexity index is 1660. The van der Waals surface area contributed by atoms with Crippen LogP contribution in [0.1, 0.15) is 52.8 Å². The van der Waals surface area contributed by atoms with Crippen molar-refractivity contribution in [1.82, 2.24) is 29.5 Å². The second-order valence-corrected chi connectivity index (χ2v) is 8.53. The van der Waals surface area contributed by atoms with Gasteiger partial charge in [-0.3, -0.25) is 14.4 Å². The summed E-state index contributed by atoms with van der Waals surface area (Å²) in [6.07, 6.45) is -1.55. The normalized spacial score (nSPS) is 15.1. The molecule has 0 saturated carbocycles. The number of H-pyrrole nitrogens is 1. The number of carbonyl (C=O) groups is 1. The molecule has 38 heavy (non-hydrogen) atoms. The van der Waals surface area contributed by atoms with Gasteiger partial charge in [0.05, 0.1) is 40.9 Å². The Morgan fingerprint density at radius 1 is 1.05 bits per heavy atom. The number of halogens is 4. The zero-order valence-electron chi connectivity index (χ0n) is 20.9. The third-order valence-corrected chi connectivity index (χ3v) is 6.47. The minimum atomic E-state index is -4.56. The molecule has 0 bridgehead atoms. The summed E-state index contributed by atoms with van der Waals surface area (Å²) < 4.78 is 57.1. The predicted molar refractivity (Wildman–Crippen MR) is 133 cm³/mol. The molecule has 4 heterocycles. The SMILES string of the molecule is CC.Cc1c2c(nn1C)C(=O)N(c1ccc3nc[nH]c3c1)C2c1ccc(-n2cc(C(F)(F)F)cn2)cc1F. The molecule has 12 heteroatoms. The first kappa shape index (κ1) is 25.2. The van der Waals surface area contributed by atoms with Crippen LogP contribution in [0.2, 0.25) is 0 Å². The first-order valence-corrected chi connectivity index (χ1v) is 11.9. The van der Waals surface area contributed by atoms with E-state index in [0.29, 0.717) is 34.2 Å². The third-order valence-electron chi connectivity index (χ3n) is 6.47.